The van der Waals surface area contributed by atoms with E-state index in [2.05, 4.69) is 39.0 Å². The van der Waals surface area contributed by atoms with Crippen LogP contribution in [0.15, 0.2) is 42.5 Å². The summed E-state index contributed by atoms with van der Waals surface area (Å²) < 4.78 is 0. The number of hydrogen-bond acceptors (Lipinski definition) is 1. The number of rotatable bonds is 3. The molecule has 0 aliphatic carbocycles. The van der Waals surface area contributed by atoms with Crippen LogP contribution in [0.5, 0.6) is 0 Å². The van der Waals surface area contributed by atoms with Crippen molar-refractivity contribution in [3.63, 3.8) is 0 Å². The van der Waals surface area contributed by atoms with Gasteiger partial charge in [0, 0.05) is 0 Å². The highest BCUT2D eigenvalue weighted by Crippen LogP contribution is 2.36. The van der Waals surface area contributed by atoms with E-state index in [9.17, 15) is 4.80 Å². The van der Waals surface area contributed by atoms with Crippen molar-refractivity contribution in [2.75, 3.05) is 0 Å². The van der Waals surface area contributed by atoms with Gasteiger partial charge in [-0.1, -0.05) is 63.3 Å². The molecule has 0 saturated carbocycles. The molecule has 2 heteroatoms. The van der Waals surface area contributed by atoms with Crippen molar-refractivity contribution in [1.82, 2.24) is 0 Å². The lowest BCUT2D eigenvalue weighted by atomic mass is 10.2. The fraction of sp³-hybridized carbons (Fsp3) is 0.429. The first-order valence-corrected chi connectivity index (χ1v) is 7.96. The summed E-state index contributed by atoms with van der Waals surface area (Å²) in [5, 5.41) is 1.08. The number of hydrogen-bond donors (Lipinski definition) is 1. The molecule has 0 fully saturated rings. The normalized spacial score (nSPS) is 16.3. The monoisotopic (exact) mass is 234 g/mol. The quantitative estimate of drug-likeness (QED) is 0.629. The lowest BCUT2D eigenvalue weighted by Gasteiger charge is -2.37. The Hall–Kier alpha value is -0.863. The van der Waals surface area contributed by atoms with E-state index in [1.165, 1.54) is 0 Å². The predicted molar refractivity (Wildman–Crippen MR) is 73.4 cm³/mol. The van der Waals surface area contributed by atoms with Crippen molar-refractivity contribution >= 4 is 13.5 Å². The van der Waals surface area contributed by atoms with Crippen LogP contribution in [-0.4, -0.2) is 13.1 Å². The first-order chi connectivity index (χ1) is 7.42. The molecule has 0 spiro atoms. The molecule has 1 atom stereocenters. The average molecular weight is 234 g/mol. The summed E-state index contributed by atoms with van der Waals surface area (Å²) in [5.41, 5.74) is 0. The van der Waals surface area contributed by atoms with Crippen LogP contribution in [-0.2, 0) is 0 Å². The third-order valence-electron chi connectivity index (χ3n) is 3.14. The molecule has 1 nitrogen and oxygen atoms in total. The van der Waals surface area contributed by atoms with Crippen LogP contribution in [0.2, 0.25) is 11.1 Å². The molecule has 1 rings (SSSR count). The van der Waals surface area contributed by atoms with Crippen LogP contribution in [0.25, 0.3) is 0 Å². The second-order valence-electron chi connectivity index (χ2n) is 5.25. The molecule has 0 aromatic heterocycles. The molecule has 0 amide bonds. The van der Waals surface area contributed by atoms with Gasteiger partial charge in [-0.15, -0.1) is 0 Å². The van der Waals surface area contributed by atoms with E-state index in [1.54, 1.807) is 0 Å². The summed E-state index contributed by atoms with van der Waals surface area (Å²) in [4.78, 5) is 11.0. The minimum Gasteiger partial charge on any atom is -0.427 e. The maximum Gasteiger partial charge on any atom is 0.229 e. The van der Waals surface area contributed by atoms with Crippen LogP contribution < -0.4 is 5.19 Å². The molecular formula is C14H22OSi. The minimum atomic E-state index is -2.43. The standard InChI is InChI=1S/C14H22OSi/c1-5-6-12-16(15,14(2,3)4)13-10-8-7-9-11-13/h5-11,15H,12H2,1-4H3/b6-5+. The highest BCUT2D eigenvalue weighted by molar-refractivity contribution is 6.88. The zero-order chi connectivity index (χ0) is 12.2. The Labute approximate surface area is 100.0 Å². The molecule has 1 N–H and O–H groups in total. The van der Waals surface area contributed by atoms with Crippen LogP contribution in [0.3, 0.4) is 0 Å². The minimum absolute atomic E-state index is 0.0478. The van der Waals surface area contributed by atoms with Gasteiger partial charge in [0.05, 0.1) is 0 Å². The van der Waals surface area contributed by atoms with Crippen LogP contribution in [0, 0.1) is 0 Å². The fourth-order valence-electron chi connectivity index (χ4n) is 1.86. The van der Waals surface area contributed by atoms with E-state index in [0.717, 1.165) is 11.2 Å². The lowest BCUT2D eigenvalue weighted by molar-refractivity contribution is 0.490. The number of benzene rings is 1. The van der Waals surface area contributed by atoms with Gasteiger partial charge in [0.25, 0.3) is 0 Å². The van der Waals surface area contributed by atoms with Gasteiger partial charge in [-0.2, -0.15) is 0 Å². The largest absolute Gasteiger partial charge is 0.427 e. The first kappa shape index (κ1) is 13.2. The summed E-state index contributed by atoms with van der Waals surface area (Å²) >= 11 is 0. The van der Waals surface area contributed by atoms with Crippen LogP contribution in [0.4, 0.5) is 0 Å². The van der Waals surface area contributed by atoms with Gasteiger partial charge in [0.2, 0.25) is 8.32 Å². The molecule has 0 bridgehead atoms. The van der Waals surface area contributed by atoms with Crippen molar-refractivity contribution in [1.29, 1.82) is 0 Å². The van der Waals surface area contributed by atoms with Gasteiger partial charge >= 0.3 is 0 Å². The van der Waals surface area contributed by atoms with Crippen molar-refractivity contribution in [2.24, 2.45) is 0 Å². The zero-order valence-corrected chi connectivity index (χ0v) is 11.7. The van der Waals surface area contributed by atoms with Crippen molar-refractivity contribution in [3.05, 3.63) is 42.5 Å². The molecule has 0 aliphatic rings. The second kappa shape index (κ2) is 4.98. The molecule has 0 saturated heterocycles. The van der Waals surface area contributed by atoms with Gasteiger partial charge < -0.3 is 4.80 Å². The molecule has 0 radical (unpaired) electrons. The topological polar surface area (TPSA) is 20.2 Å². The molecule has 0 aliphatic heterocycles. The van der Waals surface area contributed by atoms with Gasteiger partial charge in [0.1, 0.15) is 0 Å². The molecule has 88 valence electrons. The Morgan fingerprint density at radius 2 is 1.75 bits per heavy atom. The summed E-state index contributed by atoms with van der Waals surface area (Å²) in [6.45, 7) is 8.41. The van der Waals surface area contributed by atoms with Gasteiger partial charge in [-0.05, 0) is 23.2 Å². The van der Waals surface area contributed by atoms with Crippen molar-refractivity contribution in [2.45, 2.75) is 38.8 Å². The maximum atomic E-state index is 11.0. The van der Waals surface area contributed by atoms with Crippen LogP contribution in [0.1, 0.15) is 27.7 Å². The molecule has 1 aromatic carbocycles. The highest BCUT2D eigenvalue weighted by atomic mass is 28.4. The van der Waals surface area contributed by atoms with Crippen molar-refractivity contribution in [3.8, 4) is 0 Å². The molecule has 1 unspecified atom stereocenters. The van der Waals surface area contributed by atoms with Gasteiger partial charge in [-0.25, -0.2) is 0 Å². The Morgan fingerprint density at radius 1 is 1.19 bits per heavy atom. The SMILES string of the molecule is C/C=C/C[Si](O)(c1ccccc1)C(C)(C)C. The van der Waals surface area contributed by atoms with E-state index in [0.29, 0.717) is 0 Å². The molecular weight excluding hydrogens is 212 g/mol. The fourth-order valence-corrected chi connectivity index (χ4v) is 4.89. The van der Waals surface area contributed by atoms with E-state index in [1.807, 2.05) is 31.2 Å². The Bertz CT molecular complexity index is 351. The smallest absolute Gasteiger partial charge is 0.229 e. The Morgan fingerprint density at radius 3 is 2.19 bits per heavy atom. The Balaban J connectivity index is 3.15. The summed E-state index contributed by atoms with van der Waals surface area (Å²) in [5.74, 6) is 0. The third-order valence-corrected chi connectivity index (χ3v) is 7.74. The van der Waals surface area contributed by atoms with Gasteiger partial charge in [-0.3, -0.25) is 0 Å². The molecule has 16 heavy (non-hydrogen) atoms. The summed E-state index contributed by atoms with van der Waals surface area (Å²) in [7, 11) is -2.43. The van der Waals surface area contributed by atoms with E-state index >= 15 is 0 Å². The predicted octanol–water partition coefficient (Wildman–Crippen LogP) is 3.21. The van der Waals surface area contributed by atoms with E-state index in [4.69, 9.17) is 0 Å². The van der Waals surface area contributed by atoms with E-state index < -0.39 is 8.32 Å². The zero-order valence-electron chi connectivity index (χ0n) is 10.7. The lowest BCUT2D eigenvalue weighted by Crippen LogP contribution is -2.54. The maximum absolute atomic E-state index is 11.0. The van der Waals surface area contributed by atoms with E-state index in [-0.39, 0.29) is 5.04 Å². The van der Waals surface area contributed by atoms with Gasteiger partial charge in [0.15, 0.2) is 0 Å². The van der Waals surface area contributed by atoms with Crippen LogP contribution >= 0.6 is 0 Å². The summed E-state index contributed by atoms with van der Waals surface area (Å²) in [6, 6.07) is 10.9. The third kappa shape index (κ3) is 2.63. The number of allylic oxidation sites excluding steroid dienone is 2. The Kier molecular flexibility index (Phi) is 4.11. The first-order valence-electron chi connectivity index (χ1n) is 5.81. The summed E-state index contributed by atoms with van der Waals surface area (Å²) in [6.07, 6.45) is 4.11. The molecule has 0 heterocycles. The average Bonchev–Trinajstić information content (AvgIpc) is 2.25. The second-order valence-corrected chi connectivity index (χ2v) is 9.46. The van der Waals surface area contributed by atoms with Crippen molar-refractivity contribution < 1.29 is 4.80 Å². The molecule has 1 aromatic rings. The highest BCUT2D eigenvalue weighted by Gasteiger charge is 2.44.